The Hall–Kier alpha value is -3.90. The van der Waals surface area contributed by atoms with Crippen molar-refractivity contribution < 1.29 is 19.1 Å². The van der Waals surface area contributed by atoms with Crippen LogP contribution in [0.1, 0.15) is 12.0 Å². The minimum absolute atomic E-state index is 0.109. The lowest BCUT2D eigenvalue weighted by Crippen LogP contribution is -2.49. The minimum atomic E-state index is -0.937. The number of carbonyl (C=O) groups excluding carboxylic acids is 3. The Labute approximate surface area is 231 Å². The zero-order valence-corrected chi connectivity index (χ0v) is 21.8. The number of nitrogens with one attached hydrogen (secondary N) is 1. The maximum atomic E-state index is 13.8. The van der Waals surface area contributed by atoms with Crippen LogP contribution < -0.4 is 10.1 Å². The zero-order valence-electron chi connectivity index (χ0n) is 21.1. The van der Waals surface area contributed by atoms with Gasteiger partial charge in [-0.1, -0.05) is 66.2 Å². The Morgan fingerprint density at radius 1 is 0.872 bits per heavy atom. The van der Waals surface area contributed by atoms with E-state index in [2.05, 4.69) is 17.5 Å². The molecule has 1 saturated heterocycles. The van der Waals surface area contributed by atoms with Crippen LogP contribution >= 0.6 is 11.6 Å². The number of imide groups is 1. The second-order valence-electron chi connectivity index (χ2n) is 11.0. The summed E-state index contributed by atoms with van der Waals surface area (Å²) in [5.74, 6) is 0.858. The second kappa shape index (κ2) is 9.38. The van der Waals surface area contributed by atoms with Crippen LogP contribution in [0.3, 0.4) is 0 Å². The molecule has 1 N–H and O–H groups in total. The van der Waals surface area contributed by atoms with Gasteiger partial charge in [0.15, 0.2) is 0 Å². The van der Waals surface area contributed by atoms with Crippen LogP contribution in [-0.4, -0.2) is 28.7 Å². The highest BCUT2D eigenvalue weighted by Gasteiger charge is 2.67. The second-order valence-corrected chi connectivity index (χ2v) is 11.4. The first-order chi connectivity index (χ1) is 19.0. The Morgan fingerprint density at radius 2 is 1.49 bits per heavy atom. The van der Waals surface area contributed by atoms with Gasteiger partial charge in [0.25, 0.3) is 0 Å². The molecule has 2 bridgehead atoms. The lowest BCUT2D eigenvalue weighted by atomic mass is 9.63. The molecule has 5 aliphatic rings. The van der Waals surface area contributed by atoms with Crippen LogP contribution in [0.2, 0.25) is 5.02 Å². The quantitative estimate of drug-likeness (QED) is 0.308. The van der Waals surface area contributed by atoms with Gasteiger partial charge in [-0.2, -0.15) is 0 Å². The van der Waals surface area contributed by atoms with E-state index in [-0.39, 0.29) is 47.8 Å². The number of para-hydroxylation sites is 1. The van der Waals surface area contributed by atoms with Crippen molar-refractivity contribution in [3.05, 3.63) is 102 Å². The number of nitrogens with zero attached hydrogens (tertiary/aromatic N) is 1. The van der Waals surface area contributed by atoms with Crippen LogP contribution in [0.5, 0.6) is 11.5 Å². The summed E-state index contributed by atoms with van der Waals surface area (Å²) < 4.78 is 5.85. The minimum Gasteiger partial charge on any atom is -0.456 e. The molecule has 1 heterocycles. The van der Waals surface area contributed by atoms with Crippen LogP contribution in [0.15, 0.2) is 91.0 Å². The van der Waals surface area contributed by atoms with Crippen molar-refractivity contribution in [2.45, 2.75) is 18.9 Å². The Morgan fingerprint density at radius 3 is 2.13 bits per heavy atom. The van der Waals surface area contributed by atoms with Gasteiger partial charge in [0, 0.05) is 12.1 Å². The molecule has 7 heteroatoms. The lowest BCUT2D eigenvalue weighted by Gasteiger charge is -2.37. The number of rotatable bonds is 7. The van der Waals surface area contributed by atoms with Gasteiger partial charge in [0.2, 0.25) is 17.7 Å². The van der Waals surface area contributed by atoms with Gasteiger partial charge in [-0.15, -0.1) is 0 Å². The predicted molar refractivity (Wildman–Crippen MR) is 147 cm³/mol. The van der Waals surface area contributed by atoms with Gasteiger partial charge in [-0.05, 0) is 72.1 Å². The highest BCUT2D eigenvalue weighted by Crippen LogP contribution is 2.65. The molecule has 0 radical (unpaired) electrons. The number of anilines is 1. The first-order valence-corrected chi connectivity index (χ1v) is 13.8. The first-order valence-electron chi connectivity index (χ1n) is 13.4. The molecule has 3 aromatic carbocycles. The molecule has 196 valence electrons. The van der Waals surface area contributed by atoms with Crippen LogP contribution in [0, 0.1) is 35.5 Å². The van der Waals surface area contributed by atoms with E-state index < -0.39 is 6.04 Å². The molecule has 4 aliphatic carbocycles. The molecule has 39 heavy (non-hydrogen) atoms. The summed E-state index contributed by atoms with van der Waals surface area (Å²) in [7, 11) is 0. The van der Waals surface area contributed by atoms with Gasteiger partial charge in [0.05, 0.1) is 16.9 Å². The fraction of sp³-hybridized carbons (Fsp3) is 0.281. The number of allylic oxidation sites excluding steroid dienone is 2. The number of likely N-dealkylation sites (tertiary alicyclic amines) is 1. The number of hydrogen-bond acceptors (Lipinski definition) is 4. The Balaban J connectivity index is 1.13. The van der Waals surface area contributed by atoms with Crippen molar-refractivity contribution in [1.29, 1.82) is 0 Å². The predicted octanol–water partition coefficient (Wildman–Crippen LogP) is 5.74. The Kier molecular flexibility index (Phi) is 5.81. The van der Waals surface area contributed by atoms with Crippen molar-refractivity contribution in [1.82, 2.24) is 4.90 Å². The van der Waals surface area contributed by atoms with Crippen molar-refractivity contribution >= 4 is 35.0 Å². The van der Waals surface area contributed by atoms with Crippen LogP contribution in [0.4, 0.5) is 5.69 Å². The van der Waals surface area contributed by atoms with Gasteiger partial charge in [0.1, 0.15) is 17.5 Å². The number of carbonyl (C=O) groups is 3. The molecule has 3 fully saturated rings. The summed E-state index contributed by atoms with van der Waals surface area (Å²) in [6.07, 6.45) is 5.65. The largest absolute Gasteiger partial charge is 0.456 e. The van der Waals surface area contributed by atoms with E-state index in [0.717, 1.165) is 12.0 Å². The van der Waals surface area contributed by atoms with Gasteiger partial charge in [-0.25, -0.2) is 0 Å². The highest BCUT2D eigenvalue weighted by atomic mass is 35.5. The van der Waals surface area contributed by atoms with Crippen molar-refractivity contribution in [3.63, 3.8) is 0 Å². The third-order valence-corrected chi connectivity index (χ3v) is 9.08. The molecule has 3 amide bonds. The van der Waals surface area contributed by atoms with Crippen LogP contribution in [-0.2, 0) is 20.8 Å². The van der Waals surface area contributed by atoms with E-state index in [1.165, 1.54) is 4.90 Å². The van der Waals surface area contributed by atoms with Crippen molar-refractivity contribution in [2.75, 3.05) is 5.32 Å². The number of halogens is 1. The molecule has 3 aromatic rings. The van der Waals surface area contributed by atoms with Gasteiger partial charge in [-0.3, -0.25) is 19.3 Å². The van der Waals surface area contributed by atoms with E-state index >= 15 is 0 Å². The molecule has 7 atom stereocenters. The standard InChI is InChI=1S/C32H27ClN2O4/c33-25-8-4-5-9-27(25)39-20-12-10-19(11-13-20)34-30(36)26(16-18-6-2-1-3-7-18)35-31(37)28-21-14-15-22(24-17-23(21)24)29(28)32(35)38/h1-15,21-24,26,28-29H,16-17H2,(H,34,36)/t21-,22-,23-,24+,26-,28+,29-/m1/s1. The number of hydrogen-bond donors (Lipinski definition) is 1. The smallest absolute Gasteiger partial charge is 0.248 e. The molecule has 2 saturated carbocycles. The number of ether oxygens (including phenoxy) is 1. The van der Waals surface area contributed by atoms with E-state index in [0.29, 0.717) is 34.0 Å². The molecule has 0 spiro atoms. The average molecular weight is 539 g/mol. The summed E-state index contributed by atoms with van der Waals surface area (Å²) in [4.78, 5) is 42.6. The zero-order chi connectivity index (χ0) is 26.7. The van der Waals surface area contributed by atoms with Crippen LogP contribution in [0.25, 0.3) is 0 Å². The summed E-state index contributed by atoms with van der Waals surface area (Å²) in [6, 6.07) is 22.7. The van der Waals surface area contributed by atoms with Gasteiger partial charge >= 0.3 is 0 Å². The highest BCUT2D eigenvalue weighted by molar-refractivity contribution is 6.32. The molecule has 6 nitrogen and oxygen atoms in total. The fourth-order valence-electron chi connectivity index (χ4n) is 6.91. The molecular weight excluding hydrogens is 512 g/mol. The summed E-state index contributed by atoms with van der Waals surface area (Å²) in [6.45, 7) is 0. The normalized spacial score (nSPS) is 28.6. The van der Waals surface area contributed by atoms with Gasteiger partial charge < -0.3 is 10.1 Å². The molecule has 8 rings (SSSR count). The SMILES string of the molecule is O=C(Nc1ccc(Oc2ccccc2Cl)cc1)[C@@H](Cc1ccccc1)N1C(=O)[C@@H]2[C@@H]3C=C[C@H]([C@H]4C[C@@H]34)[C@@H]2C1=O. The Bertz CT molecular complexity index is 1450. The third kappa shape index (κ3) is 4.14. The molecular formula is C32H27ClN2O4. The van der Waals surface area contributed by atoms with E-state index in [1.807, 2.05) is 42.5 Å². The lowest BCUT2D eigenvalue weighted by molar-refractivity contribution is -0.146. The molecule has 0 unspecified atom stereocenters. The third-order valence-electron chi connectivity index (χ3n) is 8.77. The average Bonchev–Trinajstić information content (AvgIpc) is 3.73. The topological polar surface area (TPSA) is 75.7 Å². The van der Waals surface area contributed by atoms with E-state index in [9.17, 15) is 14.4 Å². The molecule has 1 aliphatic heterocycles. The summed E-state index contributed by atoms with van der Waals surface area (Å²) >= 11 is 6.19. The summed E-state index contributed by atoms with van der Waals surface area (Å²) in [5.41, 5.74) is 1.43. The maximum Gasteiger partial charge on any atom is 0.248 e. The van der Waals surface area contributed by atoms with E-state index in [4.69, 9.17) is 16.3 Å². The number of benzene rings is 3. The first kappa shape index (κ1) is 24.2. The summed E-state index contributed by atoms with van der Waals surface area (Å²) in [5, 5.41) is 3.44. The molecule has 0 aromatic heterocycles. The maximum absolute atomic E-state index is 13.8. The number of amides is 3. The monoisotopic (exact) mass is 538 g/mol. The fourth-order valence-corrected chi connectivity index (χ4v) is 7.09. The van der Waals surface area contributed by atoms with Crippen molar-refractivity contribution in [3.8, 4) is 11.5 Å². The van der Waals surface area contributed by atoms with Crippen molar-refractivity contribution in [2.24, 2.45) is 35.5 Å². The van der Waals surface area contributed by atoms with E-state index in [1.54, 1.807) is 36.4 Å².